The molecule has 2 aromatic rings. The Morgan fingerprint density at radius 3 is 1.42 bits per heavy atom. The van der Waals surface area contributed by atoms with Crippen molar-refractivity contribution in [3.63, 3.8) is 0 Å². The van der Waals surface area contributed by atoms with Gasteiger partial charge >= 0.3 is 5.97 Å². The summed E-state index contributed by atoms with van der Waals surface area (Å²) in [5.41, 5.74) is 3.87. The molecule has 0 spiro atoms. The lowest BCUT2D eigenvalue weighted by Crippen LogP contribution is -2.19. The van der Waals surface area contributed by atoms with Crippen LogP contribution in [0.4, 0.5) is 0 Å². The van der Waals surface area contributed by atoms with Crippen LogP contribution in [0, 0.1) is 41.5 Å². The van der Waals surface area contributed by atoms with E-state index in [2.05, 4.69) is 0 Å². The Morgan fingerprint density at radius 1 is 0.742 bits per heavy atom. The highest BCUT2D eigenvalue weighted by Crippen LogP contribution is 2.54. The van der Waals surface area contributed by atoms with Crippen LogP contribution in [0.2, 0.25) is 0 Å². The number of aryl methyl sites for hydroxylation is 6. The van der Waals surface area contributed by atoms with Gasteiger partial charge in [0, 0.05) is 17.3 Å². The van der Waals surface area contributed by atoms with Crippen LogP contribution in [0.15, 0.2) is 24.3 Å². The molecule has 2 aromatic carbocycles. The molecule has 0 aliphatic rings. The number of rotatable bonds is 8. The van der Waals surface area contributed by atoms with Crippen molar-refractivity contribution in [1.82, 2.24) is 0 Å². The molecular weight excluding hydrogens is 411 g/mol. The van der Waals surface area contributed by atoms with Crippen LogP contribution in [0.3, 0.4) is 0 Å². The Kier molecular flexibility index (Phi) is 7.77. The molecule has 0 amide bonds. The topological polar surface area (TPSA) is 77.5 Å². The lowest BCUT2D eigenvalue weighted by Gasteiger charge is -2.21. The van der Waals surface area contributed by atoms with Crippen molar-refractivity contribution in [2.45, 2.75) is 54.9 Å². The summed E-state index contributed by atoms with van der Waals surface area (Å²) in [6.45, 7) is 12.8. The van der Waals surface area contributed by atoms with Gasteiger partial charge < -0.3 is 9.30 Å². The molecule has 0 aromatic heterocycles. The van der Waals surface area contributed by atoms with Gasteiger partial charge in [0.1, 0.15) is 0 Å². The fourth-order valence-electron chi connectivity index (χ4n) is 4.17. The highest BCUT2D eigenvalue weighted by Gasteiger charge is 2.43. The second kappa shape index (κ2) is 9.74. The Morgan fingerprint density at radius 2 is 1.10 bits per heavy atom. The largest absolute Gasteiger partial charge is 0.466 e. The zero-order chi connectivity index (χ0) is 23.5. The number of hydrogen-bond donors (Lipinski definition) is 0. The van der Waals surface area contributed by atoms with Crippen LogP contribution in [0.1, 0.15) is 67.4 Å². The van der Waals surface area contributed by atoms with Gasteiger partial charge in [-0.3, -0.25) is 14.4 Å². The maximum atomic E-state index is 14.2. The molecule has 2 rings (SSSR count). The average molecular weight is 442 g/mol. The third kappa shape index (κ3) is 5.22. The van der Waals surface area contributed by atoms with E-state index in [0.717, 1.165) is 11.1 Å². The molecule has 6 heteroatoms. The van der Waals surface area contributed by atoms with Gasteiger partial charge in [0.15, 0.2) is 0 Å². The fourth-order valence-corrected chi connectivity index (χ4v) is 6.69. The number of carbonyl (C=O) groups is 3. The van der Waals surface area contributed by atoms with Gasteiger partial charge in [-0.2, -0.15) is 0 Å². The second-order valence-corrected chi connectivity index (χ2v) is 10.9. The first kappa shape index (κ1) is 24.7. The van der Waals surface area contributed by atoms with E-state index >= 15 is 0 Å². The van der Waals surface area contributed by atoms with Crippen molar-refractivity contribution in [3.05, 3.63) is 68.8 Å². The highest BCUT2D eigenvalue weighted by molar-refractivity contribution is 7.95. The smallest absolute Gasteiger partial charge is 0.306 e. The molecule has 0 heterocycles. The zero-order valence-corrected chi connectivity index (χ0v) is 20.3. The van der Waals surface area contributed by atoms with Crippen LogP contribution < -0.4 is 0 Å². The molecule has 0 fully saturated rings. The predicted octanol–water partition coefficient (Wildman–Crippen LogP) is 5.83. The normalized spacial score (nSPS) is 11.3. The number of hydrogen-bond acceptors (Lipinski definition) is 5. The summed E-state index contributed by atoms with van der Waals surface area (Å²) in [4.78, 5) is 39.3. The number of esters is 1. The summed E-state index contributed by atoms with van der Waals surface area (Å²) in [5, 5.41) is 0. The van der Waals surface area contributed by atoms with Crippen LogP contribution in [-0.4, -0.2) is 29.8 Å². The monoisotopic (exact) mass is 442 g/mol. The molecule has 0 saturated carbocycles. The molecule has 0 saturated heterocycles. The summed E-state index contributed by atoms with van der Waals surface area (Å²) in [5.74, 6) is -0.571. The lowest BCUT2D eigenvalue weighted by atomic mass is 10.0. The summed E-state index contributed by atoms with van der Waals surface area (Å²) >= 11 is 0. The van der Waals surface area contributed by atoms with E-state index in [1.54, 1.807) is 34.6 Å². The first-order chi connectivity index (χ1) is 14.4. The third-order valence-corrected chi connectivity index (χ3v) is 7.99. The maximum Gasteiger partial charge on any atom is 0.306 e. The van der Waals surface area contributed by atoms with Gasteiger partial charge in [0.05, 0.1) is 13.0 Å². The molecule has 0 aliphatic carbocycles. The molecular formula is C25H31O5P. The minimum absolute atomic E-state index is 0.178. The Labute approximate surface area is 184 Å². The summed E-state index contributed by atoms with van der Waals surface area (Å²) in [6, 6.07) is 7.34. The first-order valence-corrected chi connectivity index (χ1v) is 12.3. The Balaban J connectivity index is 2.65. The van der Waals surface area contributed by atoms with Gasteiger partial charge in [-0.05, 0) is 70.7 Å². The van der Waals surface area contributed by atoms with E-state index in [-0.39, 0.29) is 19.2 Å². The molecule has 0 N–H and O–H groups in total. The number of benzene rings is 2. The van der Waals surface area contributed by atoms with E-state index in [4.69, 9.17) is 4.74 Å². The number of ether oxygens (including phenoxy) is 1. The minimum Gasteiger partial charge on any atom is -0.466 e. The fraction of sp³-hybridized carbons (Fsp3) is 0.400. The Hall–Kier alpha value is -2.52. The van der Waals surface area contributed by atoms with Crippen molar-refractivity contribution in [2.24, 2.45) is 0 Å². The van der Waals surface area contributed by atoms with Crippen LogP contribution in [-0.2, 0) is 14.1 Å². The molecule has 5 nitrogen and oxygen atoms in total. The molecule has 0 radical (unpaired) electrons. The Bertz CT molecular complexity index is 978. The highest BCUT2D eigenvalue weighted by atomic mass is 31.2. The quantitative estimate of drug-likeness (QED) is 0.379. The van der Waals surface area contributed by atoms with Crippen molar-refractivity contribution < 1.29 is 23.7 Å². The van der Waals surface area contributed by atoms with Gasteiger partial charge in [0.25, 0.3) is 0 Å². The van der Waals surface area contributed by atoms with E-state index in [1.807, 2.05) is 38.1 Å². The molecule has 166 valence electrons. The van der Waals surface area contributed by atoms with E-state index in [0.29, 0.717) is 33.4 Å². The van der Waals surface area contributed by atoms with Gasteiger partial charge in [-0.25, -0.2) is 0 Å². The standard InChI is InChI=1S/C25H31O5P/c1-8-30-21(26)9-10-31(29,24(27)22-17(4)11-15(2)12-18(22)5)25(28)23-19(6)13-16(3)14-20(23)7/h11-14H,8-10H2,1-7H3. The van der Waals surface area contributed by atoms with Crippen LogP contribution in [0.25, 0.3) is 0 Å². The van der Waals surface area contributed by atoms with Crippen LogP contribution in [0.5, 0.6) is 0 Å². The molecule has 0 unspecified atom stereocenters. The van der Waals surface area contributed by atoms with Gasteiger partial charge in [0.2, 0.25) is 18.2 Å². The van der Waals surface area contributed by atoms with Crippen molar-refractivity contribution in [1.29, 1.82) is 0 Å². The maximum absolute atomic E-state index is 14.2. The summed E-state index contributed by atoms with van der Waals surface area (Å²) in [7, 11) is -4.14. The van der Waals surface area contributed by atoms with Crippen molar-refractivity contribution >= 4 is 24.2 Å². The van der Waals surface area contributed by atoms with E-state index in [1.165, 1.54) is 0 Å². The summed E-state index contributed by atoms with van der Waals surface area (Å²) < 4.78 is 19.1. The minimum atomic E-state index is -4.14. The van der Waals surface area contributed by atoms with Crippen LogP contribution >= 0.6 is 7.14 Å². The predicted molar refractivity (Wildman–Crippen MR) is 124 cm³/mol. The number of carbonyl (C=O) groups excluding carboxylic acids is 3. The van der Waals surface area contributed by atoms with Crippen molar-refractivity contribution in [2.75, 3.05) is 12.8 Å². The molecule has 31 heavy (non-hydrogen) atoms. The molecule has 0 bridgehead atoms. The molecule has 0 atom stereocenters. The van der Waals surface area contributed by atoms with Gasteiger partial charge in [-0.1, -0.05) is 35.4 Å². The van der Waals surface area contributed by atoms with Crippen molar-refractivity contribution in [3.8, 4) is 0 Å². The third-order valence-electron chi connectivity index (χ3n) is 5.37. The lowest BCUT2D eigenvalue weighted by molar-refractivity contribution is -0.142. The first-order valence-electron chi connectivity index (χ1n) is 10.4. The van der Waals surface area contributed by atoms with E-state index < -0.39 is 24.2 Å². The summed E-state index contributed by atoms with van der Waals surface area (Å²) in [6.07, 6.45) is -0.598. The molecule has 0 aliphatic heterocycles. The zero-order valence-electron chi connectivity index (χ0n) is 19.4. The second-order valence-electron chi connectivity index (χ2n) is 8.18. The van der Waals surface area contributed by atoms with E-state index in [9.17, 15) is 18.9 Å². The SMILES string of the molecule is CCOC(=O)CCP(=O)(C(=O)c1c(C)cc(C)cc1C)C(=O)c1c(C)cc(C)cc1C. The van der Waals surface area contributed by atoms with Gasteiger partial charge in [-0.15, -0.1) is 0 Å². The average Bonchev–Trinajstić information content (AvgIpc) is 2.64.